The van der Waals surface area contributed by atoms with Crippen LogP contribution in [0.4, 0.5) is 11.4 Å². The number of carbonyl (C=O) groups is 2. The van der Waals surface area contributed by atoms with Crippen molar-refractivity contribution in [2.24, 2.45) is 5.92 Å². The van der Waals surface area contributed by atoms with Gasteiger partial charge >= 0.3 is 0 Å². The van der Waals surface area contributed by atoms with Crippen molar-refractivity contribution in [3.8, 4) is 0 Å². The van der Waals surface area contributed by atoms with Crippen molar-refractivity contribution < 1.29 is 9.59 Å². The Hall–Kier alpha value is -2.82. The Balaban J connectivity index is 1.89. The molecule has 5 heteroatoms. The lowest BCUT2D eigenvalue weighted by Gasteiger charge is -2.31. The minimum atomic E-state index is 0.0353. The predicted molar refractivity (Wildman–Crippen MR) is 132 cm³/mol. The Kier molecular flexibility index (Phi) is 7.94. The molecule has 0 aromatic heterocycles. The number of anilines is 2. The van der Waals surface area contributed by atoms with Crippen LogP contribution in [-0.2, 0) is 11.3 Å². The number of nitrogens with zero attached hydrogens (tertiary/aromatic N) is 2. The summed E-state index contributed by atoms with van der Waals surface area (Å²) in [4.78, 5) is 30.1. The van der Waals surface area contributed by atoms with Gasteiger partial charge in [-0.15, -0.1) is 0 Å². The van der Waals surface area contributed by atoms with Crippen LogP contribution in [0.25, 0.3) is 0 Å². The quantitative estimate of drug-likeness (QED) is 0.585. The molecule has 172 valence electrons. The van der Waals surface area contributed by atoms with Gasteiger partial charge in [0.2, 0.25) is 5.91 Å². The molecule has 2 aromatic rings. The van der Waals surface area contributed by atoms with Gasteiger partial charge in [-0.3, -0.25) is 9.59 Å². The largest absolute Gasteiger partial charge is 0.377 e. The van der Waals surface area contributed by atoms with E-state index in [-0.39, 0.29) is 23.8 Å². The van der Waals surface area contributed by atoms with Crippen LogP contribution < -0.4 is 10.2 Å². The molecule has 3 rings (SSSR count). The van der Waals surface area contributed by atoms with Crippen LogP contribution in [0.15, 0.2) is 42.5 Å². The zero-order valence-electron chi connectivity index (χ0n) is 20.1. The van der Waals surface area contributed by atoms with E-state index in [0.29, 0.717) is 12.1 Å². The lowest BCUT2D eigenvalue weighted by Crippen LogP contribution is -2.38. The minimum absolute atomic E-state index is 0.0353. The molecule has 0 aliphatic heterocycles. The monoisotopic (exact) mass is 435 g/mol. The lowest BCUT2D eigenvalue weighted by molar-refractivity contribution is -0.119. The Morgan fingerprint density at radius 2 is 1.81 bits per heavy atom. The second-order valence-electron chi connectivity index (χ2n) is 9.27. The molecule has 1 aliphatic carbocycles. The van der Waals surface area contributed by atoms with Gasteiger partial charge in [0.15, 0.2) is 0 Å². The van der Waals surface area contributed by atoms with Crippen molar-refractivity contribution in [2.45, 2.75) is 65.5 Å². The standard InChI is InChI=1S/C27H37N3O2/c1-6-20(3)30(27(32)22-13-9-10-19(2)16-22)18-23-17-24(14-15-25(23)29(4)5)28-26(31)21-11-7-8-12-21/h9-10,13-17,20-21H,6-8,11-12,18H2,1-5H3,(H,28,31)/t20-/m0/s1. The van der Waals surface area contributed by atoms with Gasteiger partial charge in [-0.2, -0.15) is 0 Å². The van der Waals surface area contributed by atoms with Gasteiger partial charge in [0, 0.05) is 49.5 Å². The molecule has 0 radical (unpaired) electrons. The maximum atomic E-state index is 13.5. The van der Waals surface area contributed by atoms with Crippen LogP contribution in [0.1, 0.15) is 67.4 Å². The molecular weight excluding hydrogens is 398 g/mol. The zero-order chi connectivity index (χ0) is 23.3. The van der Waals surface area contributed by atoms with Crippen molar-refractivity contribution in [1.29, 1.82) is 0 Å². The maximum Gasteiger partial charge on any atom is 0.254 e. The predicted octanol–water partition coefficient (Wildman–Crippen LogP) is 5.63. The van der Waals surface area contributed by atoms with Crippen LogP contribution >= 0.6 is 0 Å². The number of carbonyl (C=O) groups excluding carboxylic acids is 2. The fraction of sp³-hybridized carbons (Fsp3) is 0.481. The molecule has 2 aromatic carbocycles. The topological polar surface area (TPSA) is 52.7 Å². The third-order valence-corrected chi connectivity index (χ3v) is 6.54. The summed E-state index contributed by atoms with van der Waals surface area (Å²) in [7, 11) is 4.01. The summed E-state index contributed by atoms with van der Waals surface area (Å²) in [5.74, 6) is 0.264. The van der Waals surface area contributed by atoms with E-state index in [1.54, 1.807) is 0 Å². The molecule has 0 bridgehead atoms. The highest BCUT2D eigenvalue weighted by Crippen LogP contribution is 2.29. The summed E-state index contributed by atoms with van der Waals surface area (Å²) in [5, 5.41) is 3.11. The first kappa shape index (κ1) is 23.8. The fourth-order valence-corrected chi connectivity index (χ4v) is 4.43. The van der Waals surface area contributed by atoms with Crippen molar-refractivity contribution >= 4 is 23.2 Å². The van der Waals surface area contributed by atoms with Crippen LogP contribution in [0.3, 0.4) is 0 Å². The lowest BCUT2D eigenvalue weighted by atomic mass is 10.0. The summed E-state index contributed by atoms with van der Waals surface area (Å²) < 4.78 is 0. The number of rotatable bonds is 8. The highest BCUT2D eigenvalue weighted by atomic mass is 16.2. The molecule has 1 N–H and O–H groups in total. The molecule has 0 heterocycles. The van der Waals surface area contributed by atoms with E-state index in [1.807, 2.05) is 68.4 Å². The summed E-state index contributed by atoms with van der Waals surface area (Å²) in [5.41, 5.74) is 4.66. The third-order valence-electron chi connectivity index (χ3n) is 6.54. The van der Waals surface area contributed by atoms with E-state index < -0.39 is 0 Å². The molecule has 1 aliphatic rings. The number of aryl methyl sites for hydroxylation is 1. The molecule has 2 amide bonds. The van der Waals surface area contributed by atoms with E-state index in [2.05, 4.69) is 24.1 Å². The van der Waals surface area contributed by atoms with E-state index in [1.165, 1.54) is 0 Å². The van der Waals surface area contributed by atoms with Crippen molar-refractivity contribution in [3.63, 3.8) is 0 Å². The molecule has 0 unspecified atom stereocenters. The second kappa shape index (κ2) is 10.7. The van der Waals surface area contributed by atoms with Crippen LogP contribution in [-0.4, -0.2) is 36.9 Å². The molecule has 0 spiro atoms. The maximum absolute atomic E-state index is 13.5. The average molecular weight is 436 g/mol. The van der Waals surface area contributed by atoms with Gasteiger partial charge < -0.3 is 15.1 Å². The number of amides is 2. The first-order valence-electron chi connectivity index (χ1n) is 11.8. The third kappa shape index (κ3) is 5.70. The minimum Gasteiger partial charge on any atom is -0.377 e. The van der Waals surface area contributed by atoms with Crippen molar-refractivity contribution in [2.75, 3.05) is 24.3 Å². The highest BCUT2D eigenvalue weighted by molar-refractivity contribution is 5.95. The number of benzene rings is 2. The Labute approximate surface area is 192 Å². The number of nitrogens with one attached hydrogen (secondary N) is 1. The average Bonchev–Trinajstić information content (AvgIpc) is 3.31. The van der Waals surface area contributed by atoms with Gasteiger partial charge in [-0.05, 0) is 69.0 Å². The Morgan fingerprint density at radius 1 is 1.09 bits per heavy atom. The van der Waals surface area contributed by atoms with Gasteiger partial charge in [0.25, 0.3) is 5.91 Å². The van der Waals surface area contributed by atoms with E-state index in [9.17, 15) is 9.59 Å². The number of hydrogen-bond acceptors (Lipinski definition) is 3. The van der Waals surface area contributed by atoms with E-state index >= 15 is 0 Å². The molecule has 5 nitrogen and oxygen atoms in total. The van der Waals surface area contributed by atoms with Crippen molar-refractivity contribution in [1.82, 2.24) is 4.90 Å². The van der Waals surface area contributed by atoms with Gasteiger partial charge in [-0.25, -0.2) is 0 Å². The van der Waals surface area contributed by atoms with E-state index in [4.69, 9.17) is 0 Å². The number of hydrogen-bond donors (Lipinski definition) is 1. The first-order chi connectivity index (χ1) is 15.3. The molecular formula is C27H37N3O2. The summed E-state index contributed by atoms with van der Waals surface area (Å²) in [6, 6.07) is 13.9. The first-order valence-corrected chi connectivity index (χ1v) is 11.8. The molecule has 32 heavy (non-hydrogen) atoms. The highest BCUT2D eigenvalue weighted by Gasteiger charge is 2.25. The van der Waals surface area contributed by atoms with Crippen LogP contribution in [0, 0.1) is 12.8 Å². The molecule has 1 atom stereocenters. The Bertz CT molecular complexity index is 948. The molecule has 1 saturated carbocycles. The van der Waals surface area contributed by atoms with Gasteiger partial charge in [0.05, 0.1) is 0 Å². The fourth-order valence-electron chi connectivity index (χ4n) is 4.43. The molecule has 0 saturated heterocycles. The summed E-state index contributed by atoms with van der Waals surface area (Å²) >= 11 is 0. The van der Waals surface area contributed by atoms with Crippen LogP contribution in [0.2, 0.25) is 0 Å². The summed E-state index contributed by atoms with van der Waals surface area (Å²) in [6.07, 6.45) is 5.08. The second-order valence-corrected chi connectivity index (χ2v) is 9.27. The zero-order valence-corrected chi connectivity index (χ0v) is 20.1. The van der Waals surface area contributed by atoms with Crippen LogP contribution in [0.5, 0.6) is 0 Å². The normalized spacial score (nSPS) is 14.8. The van der Waals surface area contributed by atoms with Crippen molar-refractivity contribution in [3.05, 3.63) is 59.2 Å². The van der Waals surface area contributed by atoms with E-state index in [0.717, 1.165) is 54.6 Å². The van der Waals surface area contributed by atoms with Gasteiger partial charge in [0.1, 0.15) is 0 Å². The SMILES string of the molecule is CC[C@H](C)N(Cc1cc(NC(=O)C2CCCC2)ccc1N(C)C)C(=O)c1cccc(C)c1. The Morgan fingerprint density at radius 3 is 2.44 bits per heavy atom. The van der Waals surface area contributed by atoms with Gasteiger partial charge in [-0.1, -0.05) is 37.5 Å². The summed E-state index contributed by atoms with van der Waals surface area (Å²) in [6.45, 7) is 6.69. The molecule has 1 fully saturated rings. The smallest absolute Gasteiger partial charge is 0.254 e.